The standard InChI is InChI=1S/C20H31N7/c1-3-17-13-19(24-20(23-17)27-7-5-4-6-8-27)26-11-9-25(10-12-26)15-18-14-21-16(2)22-18/h13-14H,3-12,15H2,1-2H3,(H,21,22). The van der Waals surface area contributed by atoms with Crippen molar-refractivity contribution in [3.63, 3.8) is 0 Å². The summed E-state index contributed by atoms with van der Waals surface area (Å²) in [6.07, 6.45) is 6.73. The quantitative estimate of drug-likeness (QED) is 0.873. The van der Waals surface area contributed by atoms with E-state index in [1.165, 1.54) is 25.0 Å². The number of H-pyrrole nitrogens is 1. The molecule has 4 heterocycles. The molecule has 2 aliphatic rings. The smallest absolute Gasteiger partial charge is 0.227 e. The first kappa shape index (κ1) is 18.2. The zero-order valence-electron chi connectivity index (χ0n) is 16.6. The van der Waals surface area contributed by atoms with Gasteiger partial charge < -0.3 is 14.8 Å². The van der Waals surface area contributed by atoms with Gasteiger partial charge in [-0.3, -0.25) is 4.90 Å². The highest BCUT2D eigenvalue weighted by molar-refractivity contribution is 5.46. The zero-order valence-corrected chi connectivity index (χ0v) is 16.6. The number of hydrogen-bond donors (Lipinski definition) is 1. The summed E-state index contributed by atoms with van der Waals surface area (Å²) in [5.74, 6) is 3.01. The Balaban J connectivity index is 1.42. The molecule has 0 aromatic carbocycles. The van der Waals surface area contributed by atoms with Crippen molar-refractivity contribution in [2.45, 2.75) is 46.1 Å². The van der Waals surface area contributed by atoms with Gasteiger partial charge in [-0.1, -0.05) is 6.92 Å². The Hall–Kier alpha value is -2.15. The number of aryl methyl sites for hydroxylation is 2. The van der Waals surface area contributed by atoms with Crippen LogP contribution in [0.5, 0.6) is 0 Å². The third-order valence-corrected chi connectivity index (χ3v) is 5.60. The van der Waals surface area contributed by atoms with Gasteiger partial charge in [-0.2, -0.15) is 4.98 Å². The number of rotatable bonds is 5. The summed E-state index contributed by atoms with van der Waals surface area (Å²) in [4.78, 5) is 24.7. The highest BCUT2D eigenvalue weighted by Gasteiger charge is 2.21. The SMILES string of the molecule is CCc1cc(N2CCN(Cc3cnc(C)[nH]3)CC2)nc(N2CCCCC2)n1. The molecule has 0 radical (unpaired) electrons. The Morgan fingerprint density at radius 1 is 0.963 bits per heavy atom. The fourth-order valence-electron chi connectivity index (χ4n) is 3.98. The molecule has 27 heavy (non-hydrogen) atoms. The first-order valence-corrected chi connectivity index (χ1v) is 10.3. The number of imidazole rings is 1. The van der Waals surface area contributed by atoms with Crippen LogP contribution in [0, 0.1) is 6.92 Å². The molecule has 2 fully saturated rings. The molecule has 0 unspecified atom stereocenters. The molecule has 4 rings (SSSR count). The Labute approximate surface area is 161 Å². The van der Waals surface area contributed by atoms with Gasteiger partial charge in [-0.05, 0) is 32.6 Å². The maximum absolute atomic E-state index is 4.95. The molecule has 7 nitrogen and oxygen atoms in total. The molecule has 2 aliphatic heterocycles. The van der Waals surface area contributed by atoms with Gasteiger partial charge in [-0.15, -0.1) is 0 Å². The van der Waals surface area contributed by atoms with E-state index in [0.717, 1.165) is 75.5 Å². The van der Waals surface area contributed by atoms with Crippen molar-refractivity contribution in [2.75, 3.05) is 49.1 Å². The van der Waals surface area contributed by atoms with Crippen LogP contribution in [0.2, 0.25) is 0 Å². The number of nitrogens with zero attached hydrogens (tertiary/aromatic N) is 6. The van der Waals surface area contributed by atoms with Gasteiger partial charge in [0.15, 0.2) is 0 Å². The number of nitrogens with one attached hydrogen (secondary N) is 1. The van der Waals surface area contributed by atoms with Gasteiger partial charge in [0.05, 0.1) is 0 Å². The molecule has 0 aliphatic carbocycles. The number of aromatic amines is 1. The molecule has 1 N–H and O–H groups in total. The van der Waals surface area contributed by atoms with E-state index in [0.29, 0.717) is 0 Å². The number of hydrogen-bond acceptors (Lipinski definition) is 6. The monoisotopic (exact) mass is 369 g/mol. The van der Waals surface area contributed by atoms with Gasteiger partial charge in [0.25, 0.3) is 0 Å². The van der Waals surface area contributed by atoms with Crippen molar-refractivity contribution in [1.82, 2.24) is 24.8 Å². The van der Waals surface area contributed by atoms with Crippen molar-refractivity contribution in [2.24, 2.45) is 0 Å². The van der Waals surface area contributed by atoms with E-state index in [1.807, 2.05) is 13.1 Å². The third-order valence-electron chi connectivity index (χ3n) is 5.60. The van der Waals surface area contributed by atoms with Crippen LogP contribution in [0.3, 0.4) is 0 Å². The molecule has 0 amide bonds. The summed E-state index contributed by atoms with van der Waals surface area (Å²) in [6, 6.07) is 2.18. The molecular formula is C20H31N7. The van der Waals surface area contributed by atoms with E-state index in [4.69, 9.17) is 9.97 Å². The topological polar surface area (TPSA) is 64.2 Å². The first-order chi connectivity index (χ1) is 13.2. The van der Waals surface area contributed by atoms with Crippen molar-refractivity contribution >= 4 is 11.8 Å². The lowest BCUT2D eigenvalue weighted by Crippen LogP contribution is -2.46. The summed E-state index contributed by atoms with van der Waals surface area (Å²) in [5, 5.41) is 0. The molecule has 7 heteroatoms. The van der Waals surface area contributed by atoms with Crippen LogP contribution in [0.1, 0.15) is 43.4 Å². The second-order valence-electron chi connectivity index (χ2n) is 7.68. The van der Waals surface area contributed by atoms with Crippen molar-refractivity contribution < 1.29 is 0 Å². The van der Waals surface area contributed by atoms with Gasteiger partial charge >= 0.3 is 0 Å². The van der Waals surface area contributed by atoms with Crippen molar-refractivity contribution in [1.29, 1.82) is 0 Å². The minimum Gasteiger partial charge on any atom is -0.354 e. The van der Waals surface area contributed by atoms with Gasteiger partial charge in [0.2, 0.25) is 5.95 Å². The molecule has 0 saturated carbocycles. The van der Waals surface area contributed by atoms with Crippen LogP contribution in [-0.2, 0) is 13.0 Å². The largest absolute Gasteiger partial charge is 0.354 e. The summed E-state index contributed by atoms with van der Waals surface area (Å²) in [5.41, 5.74) is 2.35. The Morgan fingerprint density at radius 3 is 2.41 bits per heavy atom. The van der Waals surface area contributed by atoms with Crippen LogP contribution in [0.25, 0.3) is 0 Å². The molecule has 0 bridgehead atoms. The predicted molar refractivity (Wildman–Crippen MR) is 108 cm³/mol. The van der Waals surface area contributed by atoms with Crippen LogP contribution in [0.4, 0.5) is 11.8 Å². The Kier molecular flexibility index (Phi) is 5.57. The number of aromatic nitrogens is 4. The maximum Gasteiger partial charge on any atom is 0.227 e. The number of piperidine rings is 1. The summed E-state index contributed by atoms with van der Waals surface area (Å²) < 4.78 is 0. The van der Waals surface area contributed by atoms with Crippen molar-refractivity contribution in [3.05, 3.63) is 29.5 Å². The first-order valence-electron chi connectivity index (χ1n) is 10.3. The molecule has 146 valence electrons. The van der Waals surface area contributed by atoms with Crippen LogP contribution >= 0.6 is 0 Å². The summed E-state index contributed by atoms with van der Waals surface area (Å²) in [6.45, 7) is 11.4. The number of anilines is 2. The Bertz CT molecular complexity index is 743. The normalized spacial score (nSPS) is 18.9. The average Bonchev–Trinajstić information content (AvgIpc) is 3.13. The average molecular weight is 370 g/mol. The molecule has 0 atom stereocenters. The molecular weight excluding hydrogens is 338 g/mol. The molecule has 2 aromatic heterocycles. The van der Waals surface area contributed by atoms with Crippen LogP contribution in [-0.4, -0.2) is 64.1 Å². The summed E-state index contributed by atoms with van der Waals surface area (Å²) >= 11 is 0. The zero-order chi connectivity index (χ0) is 18.6. The van der Waals surface area contributed by atoms with Crippen molar-refractivity contribution in [3.8, 4) is 0 Å². The third kappa shape index (κ3) is 4.40. The lowest BCUT2D eigenvalue weighted by molar-refractivity contribution is 0.247. The van der Waals surface area contributed by atoms with Gasteiger partial charge in [-0.25, -0.2) is 9.97 Å². The lowest BCUT2D eigenvalue weighted by atomic mass is 10.1. The molecule has 0 spiro atoms. The molecule has 2 saturated heterocycles. The van der Waals surface area contributed by atoms with E-state index in [2.05, 4.69) is 37.7 Å². The minimum absolute atomic E-state index is 0.930. The molecule has 2 aromatic rings. The second kappa shape index (κ2) is 8.25. The second-order valence-corrected chi connectivity index (χ2v) is 7.68. The van der Waals surface area contributed by atoms with Crippen LogP contribution < -0.4 is 9.80 Å². The predicted octanol–water partition coefficient (Wildman–Crippen LogP) is 2.38. The van der Waals surface area contributed by atoms with E-state index >= 15 is 0 Å². The van der Waals surface area contributed by atoms with Gasteiger partial charge in [0, 0.05) is 69.5 Å². The maximum atomic E-state index is 4.95. The van der Waals surface area contributed by atoms with Crippen LogP contribution in [0.15, 0.2) is 12.3 Å². The summed E-state index contributed by atoms with van der Waals surface area (Å²) in [7, 11) is 0. The Morgan fingerprint density at radius 2 is 1.74 bits per heavy atom. The van der Waals surface area contributed by atoms with E-state index in [-0.39, 0.29) is 0 Å². The minimum atomic E-state index is 0.930. The highest BCUT2D eigenvalue weighted by Crippen LogP contribution is 2.22. The fraction of sp³-hybridized carbons (Fsp3) is 0.650. The highest BCUT2D eigenvalue weighted by atomic mass is 15.3. The fourth-order valence-corrected chi connectivity index (χ4v) is 3.98. The number of piperazine rings is 1. The van der Waals surface area contributed by atoms with Gasteiger partial charge in [0.1, 0.15) is 11.6 Å². The lowest BCUT2D eigenvalue weighted by Gasteiger charge is -2.36. The van der Waals surface area contributed by atoms with E-state index in [1.54, 1.807) is 0 Å². The van der Waals surface area contributed by atoms with E-state index < -0.39 is 0 Å². The van der Waals surface area contributed by atoms with E-state index in [9.17, 15) is 0 Å².